The van der Waals surface area contributed by atoms with Gasteiger partial charge in [-0.1, -0.05) is 29.8 Å². The highest BCUT2D eigenvalue weighted by Crippen LogP contribution is 2.28. The summed E-state index contributed by atoms with van der Waals surface area (Å²) in [5.74, 6) is -0.295. The smallest absolute Gasteiger partial charge is 0.412 e. The average Bonchev–Trinajstić information content (AvgIpc) is 2.78. The van der Waals surface area contributed by atoms with Crippen LogP contribution in [0.4, 0.5) is 10.5 Å². The maximum atomic E-state index is 12.6. The molecule has 2 atom stereocenters. The Labute approximate surface area is 180 Å². The number of aliphatic hydroxyl groups excluding tert-OH is 1. The number of anilines is 1. The fourth-order valence-corrected chi connectivity index (χ4v) is 2.69. The van der Waals surface area contributed by atoms with E-state index < -0.39 is 24.2 Å². The fourth-order valence-electron chi connectivity index (χ4n) is 2.69. The van der Waals surface area contributed by atoms with Gasteiger partial charge in [0.05, 0.1) is 6.61 Å². The molecule has 9 heteroatoms. The number of ether oxygens (including phenoxy) is 3. The highest BCUT2D eigenvalue weighted by atomic mass is 16.6. The van der Waals surface area contributed by atoms with Crippen molar-refractivity contribution < 1.29 is 34.1 Å². The third-order valence-electron chi connectivity index (χ3n) is 4.20. The van der Waals surface area contributed by atoms with E-state index in [4.69, 9.17) is 24.5 Å². The molecule has 0 aliphatic heterocycles. The van der Waals surface area contributed by atoms with E-state index in [1.807, 2.05) is 19.1 Å². The van der Waals surface area contributed by atoms with Crippen molar-refractivity contribution in [2.45, 2.75) is 19.1 Å². The maximum absolute atomic E-state index is 12.6. The normalized spacial score (nSPS) is 12.8. The molecule has 2 amide bonds. The summed E-state index contributed by atoms with van der Waals surface area (Å²) in [5, 5.41) is 20.3. The Hall–Kier alpha value is -3.40. The Morgan fingerprint density at radius 2 is 1.90 bits per heavy atom. The average molecular weight is 430 g/mol. The Bertz CT molecular complexity index is 884. The molecule has 31 heavy (non-hydrogen) atoms. The second-order valence-electron chi connectivity index (χ2n) is 6.50. The van der Waals surface area contributed by atoms with Crippen LogP contribution in [0, 0.1) is 6.92 Å². The number of methoxy groups -OCH3 is 1. The molecule has 0 fully saturated rings. The van der Waals surface area contributed by atoms with Crippen LogP contribution in [-0.2, 0) is 14.3 Å². The van der Waals surface area contributed by atoms with Crippen LogP contribution in [0.15, 0.2) is 60.7 Å². The number of amides is 2. The number of rotatable bonds is 10. The lowest BCUT2D eigenvalue weighted by molar-refractivity contribution is -0.124. The quantitative estimate of drug-likeness (QED) is 0.259. The van der Waals surface area contributed by atoms with Gasteiger partial charge in [-0.15, -0.1) is 0 Å². The number of hydroxylamine groups is 1. The summed E-state index contributed by atoms with van der Waals surface area (Å²) in [4.78, 5) is 23.9. The molecular weight excluding hydrogens is 404 g/mol. The molecule has 0 unspecified atom stereocenters. The van der Waals surface area contributed by atoms with Gasteiger partial charge in [-0.3, -0.25) is 15.3 Å². The lowest BCUT2D eigenvalue weighted by Crippen LogP contribution is -2.27. The van der Waals surface area contributed by atoms with E-state index in [9.17, 15) is 9.59 Å². The summed E-state index contributed by atoms with van der Waals surface area (Å²) in [6.07, 6.45) is -0.104. The summed E-state index contributed by atoms with van der Waals surface area (Å²) in [5.41, 5.74) is 3.62. The second kappa shape index (κ2) is 12.3. The molecular formula is C22H26N2O7. The SMILES string of the molecule is CO[C@H](/C=C/C(=O)NO)[C@H](OC(=O)Nc1ccc(C)cc1)c1cccc(OCCO)c1. The summed E-state index contributed by atoms with van der Waals surface area (Å²) in [7, 11) is 1.40. The van der Waals surface area contributed by atoms with Crippen molar-refractivity contribution in [3.8, 4) is 5.75 Å². The minimum absolute atomic E-state index is 0.104. The number of benzene rings is 2. The Balaban J connectivity index is 2.27. The predicted molar refractivity (Wildman–Crippen MR) is 113 cm³/mol. The first-order valence-corrected chi connectivity index (χ1v) is 9.49. The number of hydrogen-bond donors (Lipinski definition) is 4. The molecule has 0 aliphatic carbocycles. The molecule has 2 rings (SSSR count). The molecule has 2 aromatic carbocycles. The van der Waals surface area contributed by atoms with Gasteiger partial charge in [-0.2, -0.15) is 0 Å². The number of carbonyl (C=O) groups is 2. The Morgan fingerprint density at radius 3 is 2.55 bits per heavy atom. The molecule has 0 spiro atoms. The van der Waals surface area contributed by atoms with Crippen LogP contribution in [0.25, 0.3) is 0 Å². The number of aryl methyl sites for hydroxylation is 1. The molecule has 166 valence electrons. The molecule has 9 nitrogen and oxygen atoms in total. The van der Waals surface area contributed by atoms with E-state index >= 15 is 0 Å². The van der Waals surface area contributed by atoms with Crippen molar-refractivity contribution >= 4 is 17.7 Å². The fraction of sp³-hybridized carbons (Fsp3) is 0.273. The number of carbonyl (C=O) groups excluding carboxylic acids is 2. The zero-order valence-corrected chi connectivity index (χ0v) is 17.3. The molecule has 0 aromatic heterocycles. The van der Waals surface area contributed by atoms with Crippen molar-refractivity contribution in [2.75, 3.05) is 25.6 Å². The summed E-state index contributed by atoms with van der Waals surface area (Å²) < 4.78 is 16.5. The van der Waals surface area contributed by atoms with Gasteiger partial charge in [0.2, 0.25) is 0 Å². The third-order valence-corrected chi connectivity index (χ3v) is 4.20. The van der Waals surface area contributed by atoms with Crippen molar-refractivity contribution in [1.29, 1.82) is 0 Å². The first-order chi connectivity index (χ1) is 15.0. The van der Waals surface area contributed by atoms with Crippen molar-refractivity contribution in [3.63, 3.8) is 0 Å². The van der Waals surface area contributed by atoms with Gasteiger partial charge in [0.1, 0.15) is 18.5 Å². The van der Waals surface area contributed by atoms with E-state index in [1.54, 1.807) is 36.4 Å². The highest BCUT2D eigenvalue weighted by Gasteiger charge is 2.26. The lowest BCUT2D eigenvalue weighted by Gasteiger charge is -2.25. The van der Waals surface area contributed by atoms with Gasteiger partial charge in [-0.05, 0) is 42.8 Å². The zero-order valence-electron chi connectivity index (χ0n) is 17.3. The van der Waals surface area contributed by atoms with E-state index in [1.165, 1.54) is 18.7 Å². The van der Waals surface area contributed by atoms with Crippen LogP contribution in [0.2, 0.25) is 0 Å². The zero-order chi connectivity index (χ0) is 22.6. The monoisotopic (exact) mass is 430 g/mol. The van der Waals surface area contributed by atoms with Crippen LogP contribution < -0.4 is 15.5 Å². The van der Waals surface area contributed by atoms with E-state index in [2.05, 4.69) is 5.32 Å². The molecule has 0 radical (unpaired) electrons. The largest absolute Gasteiger partial charge is 0.491 e. The Morgan fingerprint density at radius 1 is 1.16 bits per heavy atom. The van der Waals surface area contributed by atoms with Gasteiger partial charge < -0.3 is 19.3 Å². The minimum Gasteiger partial charge on any atom is -0.491 e. The predicted octanol–water partition coefficient (Wildman–Crippen LogP) is 2.73. The first kappa shape index (κ1) is 23.9. The van der Waals surface area contributed by atoms with Crippen LogP contribution >= 0.6 is 0 Å². The van der Waals surface area contributed by atoms with Crippen molar-refractivity contribution in [3.05, 3.63) is 71.8 Å². The molecule has 4 N–H and O–H groups in total. The van der Waals surface area contributed by atoms with Crippen molar-refractivity contribution in [2.24, 2.45) is 0 Å². The van der Waals surface area contributed by atoms with E-state index in [0.717, 1.165) is 11.6 Å². The molecule has 0 heterocycles. The topological polar surface area (TPSA) is 126 Å². The van der Waals surface area contributed by atoms with Gasteiger partial charge >= 0.3 is 6.09 Å². The molecule has 0 aliphatic rings. The van der Waals surface area contributed by atoms with Gasteiger partial charge in [0, 0.05) is 18.9 Å². The molecule has 0 bridgehead atoms. The maximum Gasteiger partial charge on any atom is 0.412 e. The summed E-state index contributed by atoms with van der Waals surface area (Å²) in [6.45, 7) is 1.89. The molecule has 0 saturated carbocycles. The Kier molecular flexibility index (Phi) is 9.50. The van der Waals surface area contributed by atoms with E-state index in [-0.39, 0.29) is 13.2 Å². The lowest BCUT2D eigenvalue weighted by atomic mass is 10.0. The number of aliphatic hydroxyl groups is 1. The second-order valence-corrected chi connectivity index (χ2v) is 6.50. The van der Waals surface area contributed by atoms with Crippen LogP contribution in [-0.4, -0.2) is 48.7 Å². The van der Waals surface area contributed by atoms with Crippen LogP contribution in [0.1, 0.15) is 17.2 Å². The third kappa shape index (κ3) is 7.74. The number of nitrogens with one attached hydrogen (secondary N) is 2. The summed E-state index contributed by atoms with van der Waals surface area (Å²) >= 11 is 0. The van der Waals surface area contributed by atoms with Gasteiger partial charge in [-0.25, -0.2) is 10.3 Å². The van der Waals surface area contributed by atoms with Crippen LogP contribution in [0.3, 0.4) is 0 Å². The van der Waals surface area contributed by atoms with E-state index in [0.29, 0.717) is 17.0 Å². The van der Waals surface area contributed by atoms with Gasteiger partial charge in [0.15, 0.2) is 6.10 Å². The van der Waals surface area contributed by atoms with Crippen LogP contribution in [0.5, 0.6) is 5.75 Å². The highest BCUT2D eigenvalue weighted by molar-refractivity contribution is 5.86. The standard InChI is InChI=1S/C22H26N2O7/c1-15-6-8-17(9-7-15)23-22(27)31-21(19(29-2)10-11-20(26)24-28)16-4-3-5-18(14-16)30-13-12-25/h3-11,14,19,21,25,28H,12-13H2,1-2H3,(H,23,27)(H,24,26)/b11-10+/t19-,21-/m1/s1. The summed E-state index contributed by atoms with van der Waals surface area (Å²) in [6, 6.07) is 13.9. The minimum atomic E-state index is -0.948. The molecule has 2 aromatic rings. The molecule has 0 saturated heterocycles. The number of hydrogen-bond acceptors (Lipinski definition) is 7. The van der Waals surface area contributed by atoms with Gasteiger partial charge in [0.25, 0.3) is 5.91 Å². The van der Waals surface area contributed by atoms with Crippen molar-refractivity contribution in [1.82, 2.24) is 5.48 Å². The first-order valence-electron chi connectivity index (χ1n) is 9.49.